The van der Waals surface area contributed by atoms with Crippen LogP contribution in [0.4, 0.5) is 9.18 Å². The lowest BCUT2D eigenvalue weighted by Gasteiger charge is -2.36. The Balaban J connectivity index is 1.47. The number of urea groups is 1. The van der Waals surface area contributed by atoms with Crippen molar-refractivity contribution in [2.45, 2.75) is 31.3 Å². The van der Waals surface area contributed by atoms with Crippen LogP contribution in [0.25, 0.3) is 10.9 Å². The molecule has 22 heavy (non-hydrogen) atoms. The van der Waals surface area contributed by atoms with Crippen molar-refractivity contribution in [2.75, 3.05) is 13.1 Å². The molecule has 1 saturated carbocycles. The number of aromatic nitrogens is 1. The maximum absolute atomic E-state index is 13.3. The monoisotopic (exact) mass is 305 g/mol. The van der Waals surface area contributed by atoms with Crippen molar-refractivity contribution in [3.05, 3.63) is 35.8 Å². The summed E-state index contributed by atoms with van der Waals surface area (Å²) < 4.78 is 13.3. The SMILES string of the molecule is O=C(NCCc1c[nH]c2ccc(F)cc12)NCC1(O)CCC1. The highest BCUT2D eigenvalue weighted by atomic mass is 19.1. The first-order valence-electron chi connectivity index (χ1n) is 7.55. The van der Waals surface area contributed by atoms with Gasteiger partial charge in [-0.3, -0.25) is 0 Å². The van der Waals surface area contributed by atoms with Gasteiger partial charge >= 0.3 is 6.03 Å². The van der Waals surface area contributed by atoms with Gasteiger partial charge in [-0.25, -0.2) is 9.18 Å². The van der Waals surface area contributed by atoms with Crippen molar-refractivity contribution < 1.29 is 14.3 Å². The van der Waals surface area contributed by atoms with E-state index in [9.17, 15) is 14.3 Å². The Labute approximate surface area is 127 Å². The lowest BCUT2D eigenvalue weighted by Crippen LogP contribution is -2.50. The minimum atomic E-state index is -0.717. The summed E-state index contributed by atoms with van der Waals surface area (Å²) in [4.78, 5) is 14.8. The zero-order valence-corrected chi connectivity index (χ0v) is 12.3. The van der Waals surface area contributed by atoms with Gasteiger partial charge in [0.15, 0.2) is 0 Å². The first-order valence-corrected chi connectivity index (χ1v) is 7.55. The molecule has 0 aliphatic heterocycles. The molecule has 118 valence electrons. The molecule has 0 unspecified atom stereocenters. The zero-order chi connectivity index (χ0) is 15.6. The van der Waals surface area contributed by atoms with Crippen molar-refractivity contribution in [3.8, 4) is 0 Å². The molecule has 0 atom stereocenters. The highest BCUT2D eigenvalue weighted by molar-refractivity contribution is 5.83. The number of hydrogen-bond acceptors (Lipinski definition) is 2. The van der Waals surface area contributed by atoms with Gasteiger partial charge in [-0.1, -0.05) is 0 Å². The molecule has 0 saturated heterocycles. The second-order valence-electron chi connectivity index (χ2n) is 5.94. The van der Waals surface area contributed by atoms with E-state index in [1.807, 2.05) is 6.20 Å². The molecule has 5 nitrogen and oxygen atoms in total. The van der Waals surface area contributed by atoms with Crippen LogP contribution >= 0.6 is 0 Å². The van der Waals surface area contributed by atoms with E-state index < -0.39 is 5.60 Å². The highest BCUT2D eigenvalue weighted by Crippen LogP contribution is 2.30. The summed E-state index contributed by atoms with van der Waals surface area (Å²) >= 11 is 0. The van der Waals surface area contributed by atoms with Crippen molar-refractivity contribution in [2.24, 2.45) is 0 Å². The average Bonchev–Trinajstić information content (AvgIpc) is 2.86. The van der Waals surface area contributed by atoms with Crippen LogP contribution in [0.3, 0.4) is 0 Å². The Hall–Kier alpha value is -2.08. The van der Waals surface area contributed by atoms with Crippen molar-refractivity contribution in [1.82, 2.24) is 15.6 Å². The summed E-state index contributed by atoms with van der Waals surface area (Å²) in [6, 6.07) is 4.33. The fourth-order valence-electron chi connectivity index (χ4n) is 2.74. The van der Waals surface area contributed by atoms with Crippen LogP contribution in [0.15, 0.2) is 24.4 Å². The molecule has 0 radical (unpaired) electrons. The van der Waals surface area contributed by atoms with E-state index in [2.05, 4.69) is 15.6 Å². The topological polar surface area (TPSA) is 77.2 Å². The van der Waals surface area contributed by atoms with E-state index >= 15 is 0 Å². The van der Waals surface area contributed by atoms with Gasteiger partial charge in [0.1, 0.15) is 5.82 Å². The van der Waals surface area contributed by atoms with Gasteiger partial charge in [0, 0.05) is 30.2 Å². The van der Waals surface area contributed by atoms with Crippen molar-refractivity contribution in [3.63, 3.8) is 0 Å². The first kappa shape index (κ1) is 14.8. The molecule has 1 aliphatic carbocycles. The second-order valence-corrected chi connectivity index (χ2v) is 5.94. The third kappa shape index (κ3) is 3.22. The lowest BCUT2D eigenvalue weighted by molar-refractivity contribution is -0.0290. The molecule has 4 N–H and O–H groups in total. The summed E-state index contributed by atoms with van der Waals surface area (Å²) in [5, 5.41) is 16.2. The van der Waals surface area contributed by atoms with E-state index in [0.29, 0.717) is 13.0 Å². The predicted molar refractivity (Wildman–Crippen MR) is 82.2 cm³/mol. The number of hydrogen-bond donors (Lipinski definition) is 4. The van der Waals surface area contributed by atoms with Gasteiger partial charge < -0.3 is 20.7 Å². The fraction of sp³-hybridized carbons (Fsp3) is 0.438. The largest absolute Gasteiger partial charge is 0.388 e. The third-order valence-electron chi connectivity index (χ3n) is 4.27. The van der Waals surface area contributed by atoms with Crippen LogP contribution < -0.4 is 10.6 Å². The van der Waals surface area contributed by atoms with Gasteiger partial charge in [0.05, 0.1) is 5.60 Å². The molecule has 1 fully saturated rings. The van der Waals surface area contributed by atoms with Crippen LogP contribution in [0.1, 0.15) is 24.8 Å². The number of carbonyl (C=O) groups is 1. The molecule has 6 heteroatoms. The minimum absolute atomic E-state index is 0.271. The normalized spacial score (nSPS) is 16.3. The number of aromatic amines is 1. The molecule has 0 spiro atoms. The summed E-state index contributed by atoms with van der Waals surface area (Å²) in [5.74, 6) is -0.271. The first-order chi connectivity index (χ1) is 10.6. The van der Waals surface area contributed by atoms with E-state index in [4.69, 9.17) is 0 Å². The number of rotatable bonds is 5. The van der Waals surface area contributed by atoms with E-state index in [1.165, 1.54) is 12.1 Å². The molecule has 0 bridgehead atoms. The number of benzene rings is 1. The number of H-pyrrole nitrogens is 1. The van der Waals surface area contributed by atoms with Crippen LogP contribution in [0.5, 0.6) is 0 Å². The molecule has 2 amide bonds. The number of nitrogens with one attached hydrogen (secondary N) is 3. The number of halogens is 1. The zero-order valence-electron chi connectivity index (χ0n) is 12.3. The standard InChI is InChI=1S/C16H20FN3O2/c17-12-2-3-14-13(8-12)11(9-19-14)4-7-18-15(21)20-10-16(22)5-1-6-16/h2-3,8-9,19,22H,1,4-7,10H2,(H2,18,20,21). The Bertz CT molecular complexity index is 679. The predicted octanol–water partition coefficient (Wildman–Crippen LogP) is 2.06. The van der Waals surface area contributed by atoms with Crippen LogP contribution in [0, 0.1) is 5.82 Å². The lowest BCUT2D eigenvalue weighted by atomic mass is 9.80. The summed E-state index contributed by atoms with van der Waals surface area (Å²) in [6.45, 7) is 0.741. The van der Waals surface area contributed by atoms with Crippen LogP contribution in [-0.2, 0) is 6.42 Å². The number of carbonyl (C=O) groups excluding carboxylic acids is 1. The molecule has 1 aromatic heterocycles. The molecule has 1 heterocycles. The van der Waals surface area contributed by atoms with E-state index in [1.54, 1.807) is 6.07 Å². The molecule has 1 aliphatic rings. The van der Waals surface area contributed by atoms with Gasteiger partial charge in [-0.2, -0.15) is 0 Å². The van der Waals surface area contributed by atoms with Crippen molar-refractivity contribution in [1.29, 1.82) is 0 Å². The maximum Gasteiger partial charge on any atom is 0.314 e. The van der Waals surface area contributed by atoms with Gasteiger partial charge in [-0.05, 0) is 49.4 Å². The second kappa shape index (κ2) is 5.96. The number of amides is 2. The number of aliphatic hydroxyl groups is 1. The quantitative estimate of drug-likeness (QED) is 0.682. The van der Waals surface area contributed by atoms with Crippen LogP contribution in [0.2, 0.25) is 0 Å². The van der Waals surface area contributed by atoms with E-state index in [-0.39, 0.29) is 18.4 Å². The smallest absolute Gasteiger partial charge is 0.314 e. The van der Waals surface area contributed by atoms with E-state index in [0.717, 1.165) is 35.7 Å². The summed E-state index contributed by atoms with van der Waals surface area (Å²) in [6.07, 6.45) is 4.95. The summed E-state index contributed by atoms with van der Waals surface area (Å²) in [5.41, 5.74) is 1.13. The summed E-state index contributed by atoms with van der Waals surface area (Å²) in [7, 11) is 0. The minimum Gasteiger partial charge on any atom is -0.388 e. The highest BCUT2D eigenvalue weighted by Gasteiger charge is 2.34. The average molecular weight is 305 g/mol. The van der Waals surface area contributed by atoms with Crippen LogP contribution in [-0.4, -0.2) is 34.8 Å². The number of fused-ring (bicyclic) bond motifs is 1. The molecular weight excluding hydrogens is 285 g/mol. The Morgan fingerprint density at radius 3 is 2.91 bits per heavy atom. The van der Waals surface area contributed by atoms with Crippen molar-refractivity contribution >= 4 is 16.9 Å². The molecular formula is C16H20FN3O2. The van der Waals surface area contributed by atoms with Gasteiger partial charge in [0.2, 0.25) is 0 Å². The Kier molecular flexibility index (Phi) is 4.02. The Morgan fingerprint density at radius 1 is 1.36 bits per heavy atom. The fourth-order valence-corrected chi connectivity index (χ4v) is 2.74. The molecule has 3 rings (SSSR count). The molecule has 1 aromatic carbocycles. The third-order valence-corrected chi connectivity index (χ3v) is 4.27. The van der Waals surface area contributed by atoms with Gasteiger partial charge in [0.25, 0.3) is 0 Å². The van der Waals surface area contributed by atoms with Gasteiger partial charge in [-0.15, -0.1) is 0 Å². The molecule has 2 aromatic rings. The Morgan fingerprint density at radius 2 is 2.18 bits per heavy atom. The maximum atomic E-state index is 13.3.